The highest BCUT2D eigenvalue weighted by atomic mass is 16.3. The summed E-state index contributed by atoms with van der Waals surface area (Å²) in [5.74, 6) is -0.177. The van der Waals surface area contributed by atoms with E-state index in [1.165, 1.54) is 0 Å². The van der Waals surface area contributed by atoms with Gasteiger partial charge in [0.25, 0.3) is 0 Å². The first-order valence-electron chi connectivity index (χ1n) is 8.67. The lowest BCUT2D eigenvalue weighted by Gasteiger charge is -2.30. The van der Waals surface area contributed by atoms with E-state index in [1.54, 1.807) is 0 Å². The minimum absolute atomic E-state index is 0.0379. The molecule has 2 amide bonds. The number of aliphatic hydroxyl groups excluding tert-OH is 1. The number of carbonyl (C=O) groups excluding carboxylic acids is 2. The topological polar surface area (TPSA) is 106 Å². The minimum Gasteiger partial charge on any atom is -0.378 e. The maximum absolute atomic E-state index is 12.2. The number of piperazine rings is 1. The number of aliphatic hydroxyl groups is 1. The number of anilines is 2. The lowest BCUT2D eigenvalue weighted by atomic mass is 10.0. The van der Waals surface area contributed by atoms with Crippen molar-refractivity contribution in [3.63, 3.8) is 0 Å². The zero-order valence-electron chi connectivity index (χ0n) is 14.1. The molecule has 2 aliphatic rings. The van der Waals surface area contributed by atoms with Crippen LogP contribution in [-0.2, 0) is 9.59 Å². The van der Waals surface area contributed by atoms with Crippen LogP contribution in [-0.4, -0.2) is 66.8 Å². The molecule has 136 valence electrons. The monoisotopic (exact) mass is 347 g/mol. The Hall–Kier alpha value is -2.16. The number of carbonyl (C=O) groups is 2. The van der Waals surface area contributed by atoms with Crippen LogP contribution in [0.25, 0.3) is 0 Å². The van der Waals surface area contributed by atoms with Crippen molar-refractivity contribution in [1.29, 1.82) is 0 Å². The molecule has 8 heteroatoms. The van der Waals surface area contributed by atoms with Crippen molar-refractivity contribution < 1.29 is 14.7 Å². The molecule has 1 aromatic rings. The predicted octanol–water partition coefficient (Wildman–Crippen LogP) is -0.461. The highest BCUT2D eigenvalue weighted by molar-refractivity contribution is 5.92. The SMILES string of the molecule is O=C(CN1CCNCC1)Nc1cccc(NC2CCC(=O)NC2O)c1. The second kappa shape index (κ2) is 8.28. The smallest absolute Gasteiger partial charge is 0.238 e. The number of nitrogens with one attached hydrogen (secondary N) is 4. The van der Waals surface area contributed by atoms with Gasteiger partial charge >= 0.3 is 0 Å². The lowest BCUT2D eigenvalue weighted by Crippen LogP contribution is -2.51. The highest BCUT2D eigenvalue weighted by Crippen LogP contribution is 2.19. The molecule has 0 radical (unpaired) electrons. The average Bonchev–Trinajstić information content (AvgIpc) is 2.58. The van der Waals surface area contributed by atoms with E-state index in [0.717, 1.165) is 31.9 Å². The molecule has 0 spiro atoms. The lowest BCUT2D eigenvalue weighted by molar-refractivity contribution is -0.127. The van der Waals surface area contributed by atoms with Crippen molar-refractivity contribution in [2.24, 2.45) is 0 Å². The van der Waals surface area contributed by atoms with E-state index in [9.17, 15) is 14.7 Å². The second-order valence-electron chi connectivity index (χ2n) is 6.46. The molecule has 0 aromatic heterocycles. The van der Waals surface area contributed by atoms with Crippen LogP contribution in [0.15, 0.2) is 24.3 Å². The van der Waals surface area contributed by atoms with E-state index >= 15 is 0 Å². The van der Waals surface area contributed by atoms with E-state index < -0.39 is 6.23 Å². The van der Waals surface area contributed by atoms with Gasteiger partial charge in [-0.15, -0.1) is 0 Å². The Balaban J connectivity index is 1.53. The summed E-state index contributed by atoms with van der Waals surface area (Å²) in [5, 5.41) is 21.8. The molecule has 0 bridgehead atoms. The molecule has 1 aromatic carbocycles. The standard InChI is InChI=1S/C17H25N5O3/c23-15-5-4-14(17(25)21-15)19-12-2-1-3-13(10-12)20-16(24)11-22-8-6-18-7-9-22/h1-3,10,14,17-19,25H,4-9,11H2,(H,20,24)(H,21,23). The van der Waals surface area contributed by atoms with Crippen LogP contribution in [0.5, 0.6) is 0 Å². The van der Waals surface area contributed by atoms with Gasteiger partial charge in [-0.2, -0.15) is 0 Å². The van der Waals surface area contributed by atoms with Crippen LogP contribution in [0.3, 0.4) is 0 Å². The summed E-state index contributed by atoms with van der Waals surface area (Å²) in [6.07, 6.45) is 0.0369. The van der Waals surface area contributed by atoms with Crippen LogP contribution < -0.4 is 21.3 Å². The fourth-order valence-electron chi connectivity index (χ4n) is 3.11. The molecule has 0 saturated carbocycles. The summed E-state index contributed by atoms with van der Waals surface area (Å²) in [5.41, 5.74) is 1.50. The zero-order valence-corrected chi connectivity index (χ0v) is 14.1. The maximum Gasteiger partial charge on any atom is 0.238 e. The van der Waals surface area contributed by atoms with Gasteiger partial charge in [-0.3, -0.25) is 14.5 Å². The Kier molecular flexibility index (Phi) is 5.85. The van der Waals surface area contributed by atoms with Crippen LogP contribution >= 0.6 is 0 Å². The summed E-state index contributed by atoms with van der Waals surface area (Å²) >= 11 is 0. The number of piperidine rings is 1. The second-order valence-corrected chi connectivity index (χ2v) is 6.46. The van der Waals surface area contributed by atoms with Gasteiger partial charge in [-0.25, -0.2) is 0 Å². The fraction of sp³-hybridized carbons (Fsp3) is 0.529. The summed E-state index contributed by atoms with van der Waals surface area (Å²) in [6, 6.07) is 7.13. The van der Waals surface area contributed by atoms with Gasteiger partial charge in [-0.1, -0.05) is 6.07 Å². The Morgan fingerprint density at radius 2 is 2.04 bits per heavy atom. The Morgan fingerprint density at radius 3 is 2.80 bits per heavy atom. The largest absolute Gasteiger partial charge is 0.378 e. The Bertz CT molecular complexity index is 618. The van der Waals surface area contributed by atoms with Gasteiger partial charge in [0.2, 0.25) is 11.8 Å². The third kappa shape index (κ3) is 5.15. The van der Waals surface area contributed by atoms with E-state index in [4.69, 9.17) is 0 Å². The van der Waals surface area contributed by atoms with Crippen LogP contribution in [0.1, 0.15) is 12.8 Å². The molecule has 0 aliphatic carbocycles. The molecule has 2 unspecified atom stereocenters. The van der Waals surface area contributed by atoms with Gasteiger partial charge in [0.1, 0.15) is 6.23 Å². The first-order valence-corrected chi connectivity index (χ1v) is 8.67. The van der Waals surface area contributed by atoms with Gasteiger partial charge in [-0.05, 0) is 24.6 Å². The Labute approximate surface area is 147 Å². The molecule has 2 saturated heterocycles. The molecular formula is C17H25N5O3. The van der Waals surface area contributed by atoms with E-state index in [0.29, 0.717) is 25.1 Å². The number of hydrogen-bond donors (Lipinski definition) is 5. The third-order valence-corrected chi connectivity index (χ3v) is 4.45. The first-order chi connectivity index (χ1) is 12.1. The normalized spacial score (nSPS) is 24.4. The molecule has 25 heavy (non-hydrogen) atoms. The van der Waals surface area contributed by atoms with Crippen molar-refractivity contribution in [1.82, 2.24) is 15.5 Å². The number of hydrogen-bond acceptors (Lipinski definition) is 6. The molecule has 8 nitrogen and oxygen atoms in total. The van der Waals surface area contributed by atoms with E-state index in [2.05, 4.69) is 26.2 Å². The number of nitrogens with zero attached hydrogens (tertiary/aromatic N) is 1. The van der Waals surface area contributed by atoms with Crippen molar-refractivity contribution in [3.05, 3.63) is 24.3 Å². The van der Waals surface area contributed by atoms with Crippen LogP contribution in [0.2, 0.25) is 0 Å². The zero-order chi connectivity index (χ0) is 17.6. The van der Waals surface area contributed by atoms with E-state index in [-0.39, 0.29) is 17.9 Å². The van der Waals surface area contributed by atoms with Crippen molar-refractivity contribution >= 4 is 23.2 Å². The molecular weight excluding hydrogens is 322 g/mol. The molecule has 2 aliphatic heterocycles. The third-order valence-electron chi connectivity index (χ3n) is 4.45. The van der Waals surface area contributed by atoms with Crippen LogP contribution in [0.4, 0.5) is 11.4 Å². The minimum atomic E-state index is -0.910. The average molecular weight is 347 g/mol. The molecule has 3 rings (SSSR count). The number of rotatable bonds is 5. The van der Waals surface area contributed by atoms with Crippen molar-refractivity contribution in [3.8, 4) is 0 Å². The number of benzene rings is 1. The van der Waals surface area contributed by atoms with Gasteiger partial charge in [0, 0.05) is 44.0 Å². The van der Waals surface area contributed by atoms with E-state index in [1.807, 2.05) is 24.3 Å². The molecule has 2 fully saturated rings. The molecule has 2 heterocycles. The van der Waals surface area contributed by atoms with Gasteiger partial charge in [0.15, 0.2) is 0 Å². The maximum atomic E-state index is 12.2. The number of amides is 2. The summed E-state index contributed by atoms with van der Waals surface area (Å²) in [7, 11) is 0. The van der Waals surface area contributed by atoms with Crippen LogP contribution in [0, 0.1) is 0 Å². The summed E-state index contributed by atoms with van der Waals surface area (Å²) < 4.78 is 0. The highest BCUT2D eigenvalue weighted by Gasteiger charge is 2.26. The molecule has 2 atom stereocenters. The summed E-state index contributed by atoms with van der Waals surface area (Å²) in [4.78, 5) is 25.6. The van der Waals surface area contributed by atoms with Gasteiger partial charge in [0.05, 0.1) is 12.6 Å². The van der Waals surface area contributed by atoms with Crippen molar-refractivity contribution in [2.45, 2.75) is 25.1 Å². The van der Waals surface area contributed by atoms with Crippen molar-refractivity contribution in [2.75, 3.05) is 43.4 Å². The predicted molar refractivity (Wildman–Crippen MR) is 95.2 cm³/mol. The molecule has 5 N–H and O–H groups in total. The first kappa shape index (κ1) is 17.7. The quantitative estimate of drug-likeness (QED) is 0.494. The Morgan fingerprint density at radius 1 is 1.28 bits per heavy atom. The fourth-order valence-corrected chi connectivity index (χ4v) is 3.11. The summed E-state index contributed by atoms with van der Waals surface area (Å²) in [6.45, 7) is 3.95. The van der Waals surface area contributed by atoms with Gasteiger partial charge < -0.3 is 26.4 Å².